The number of nitrogens with zero attached hydrogens (tertiary/aromatic N) is 1. The Morgan fingerprint density at radius 3 is 2.44 bits per heavy atom. The fourth-order valence-corrected chi connectivity index (χ4v) is 0.871. The Morgan fingerprint density at radius 1 is 1.56 bits per heavy atom. The Hall–Kier alpha value is -0.380. The maximum atomic E-state index is 10.0. The minimum atomic E-state index is -2.22. The highest BCUT2D eigenvalue weighted by atomic mass is 32.2. The standard InChI is InChI=1S/C5H11NO2S/c1-5(6-2)3-4-9(7)8/h9H,3-4H2,1-2H3/b6-5+. The maximum absolute atomic E-state index is 10.0. The lowest BCUT2D eigenvalue weighted by Crippen LogP contribution is -1.96. The van der Waals surface area contributed by atoms with Gasteiger partial charge in [0, 0.05) is 12.8 Å². The van der Waals surface area contributed by atoms with Crippen molar-refractivity contribution in [2.45, 2.75) is 13.3 Å². The van der Waals surface area contributed by atoms with E-state index >= 15 is 0 Å². The first-order valence-electron chi connectivity index (χ1n) is 2.71. The van der Waals surface area contributed by atoms with Gasteiger partial charge in [0.1, 0.15) is 10.7 Å². The lowest BCUT2D eigenvalue weighted by Gasteiger charge is -1.90. The molecule has 0 spiro atoms. The van der Waals surface area contributed by atoms with Crippen LogP contribution in [0.2, 0.25) is 0 Å². The van der Waals surface area contributed by atoms with Crippen LogP contribution in [0.15, 0.2) is 4.99 Å². The van der Waals surface area contributed by atoms with Gasteiger partial charge in [0.25, 0.3) is 0 Å². The summed E-state index contributed by atoms with van der Waals surface area (Å²) in [7, 11) is -0.560. The van der Waals surface area contributed by atoms with Crippen LogP contribution in [-0.2, 0) is 10.7 Å². The summed E-state index contributed by atoms with van der Waals surface area (Å²) >= 11 is 0. The maximum Gasteiger partial charge on any atom is 0.140 e. The van der Waals surface area contributed by atoms with Gasteiger partial charge in [0.2, 0.25) is 0 Å². The summed E-state index contributed by atoms with van der Waals surface area (Å²) in [5.74, 6) is 0.221. The van der Waals surface area contributed by atoms with Gasteiger partial charge in [-0.3, -0.25) is 4.99 Å². The molecule has 54 valence electrons. The molecule has 0 aliphatic carbocycles. The monoisotopic (exact) mass is 149 g/mol. The topological polar surface area (TPSA) is 46.5 Å². The SMILES string of the molecule is C/N=C(\C)CC[SH](=O)=O. The van der Waals surface area contributed by atoms with Gasteiger partial charge in [-0.2, -0.15) is 0 Å². The van der Waals surface area contributed by atoms with Crippen LogP contribution >= 0.6 is 0 Å². The lowest BCUT2D eigenvalue weighted by molar-refractivity contribution is 0.614. The van der Waals surface area contributed by atoms with E-state index in [9.17, 15) is 8.42 Å². The summed E-state index contributed by atoms with van der Waals surface area (Å²) in [6, 6.07) is 0. The number of hydrogen-bond donors (Lipinski definition) is 1. The van der Waals surface area contributed by atoms with Crippen LogP contribution in [-0.4, -0.2) is 26.9 Å². The van der Waals surface area contributed by atoms with E-state index in [1.165, 1.54) is 0 Å². The molecule has 0 aliphatic heterocycles. The van der Waals surface area contributed by atoms with Crippen LogP contribution < -0.4 is 0 Å². The Balaban J connectivity index is 3.52. The van der Waals surface area contributed by atoms with Crippen LogP contribution in [0.5, 0.6) is 0 Å². The second kappa shape index (κ2) is 4.49. The summed E-state index contributed by atoms with van der Waals surface area (Å²) in [6.07, 6.45) is 0.565. The minimum absolute atomic E-state index is 0.221. The zero-order valence-corrected chi connectivity index (χ0v) is 6.52. The van der Waals surface area contributed by atoms with E-state index in [2.05, 4.69) is 4.99 Å². The highest BCUT2D eigenvalue weighted by Crippen LogP contribution is 1.84. The van der Waals surface area contributed by atoms with Crippen molar-refractivity contribution in [2.75, 3.05) is 12.8 Å². The van der Waals surface area contributed by atoms with Crippen molar-refractivity contribution in [3.63, 3.8) is 0 Å². The average molecular weight is 149 g/mol. The molecule has 0 saturated carbocycles. The van der Waals surface area contributed by atoms with Gasteiger partial charge in [-0.15, -0.1) is 0 Å². The normalized spacial score (nSPS) is 12.6. The number of rotatable bonds is 3. The molecule has 0 amide bonds. The molecule has 0 aromatic rings. The highest BCUT2D eigenvalue weighted by molar-refractivity contribution is 7.72. The first-order chi connectivity index (χ1) is 4.16. The summed E-state index contributed by atoms with van der Waals surface area (Å²) in [4.78, 5) is 3.81. The van der Waals surface area contributed by atoms with Crippen LogP contribution in [0.1, 0.15) is 13.3 Å². The molecule has 0 unspecified atom stereocenters. The highest BCUT2D eigenvalue weighted by Gasteiger charge is 1.90. The Labute approximate surface area is 56.8 Å². The van der Waals surface area contributed by atoms with Crippen molar-refractivity contribution in [1.82, 2.24) is 0 Å². The van der Waals surface area contributed by atoms with Crippen molar-refractivity contribution in [3.8, 4) is 0 Å². The Bertz CT molecular complexity index is 164. The molecular formula is C5H11NO2S. The van der Waals surface area contributed by atoms with Crippen molar-refractivity contribution >= 4 is 16.4 Å². The van der Waals surface area contributed by atoms with Crippen LogP contribution in [0.4, 0.5) is 0 Å². The first-order valence-corrected chi connectivity index (χ1v) is 4.07. The van der Waals surface area contributed by atoms with Gasteiger partial charge in [0.05, 0.1) is 5.75 Å². The van der Waals surface area contributed by atoms with Gasteiger partial charge in [-0.1, -0.05) is 0 Å². The fourth-order valence-electron chi connectivity index (χ4n) is 0.365. The first kappa shape index (κ1) is 8.62. The average Bonchev–Trinajstić information content (AvgIpc) is 1.83. The fraction of sp³-hybridized carbons (Fsp3) is 0.800. The van der Waals surface area contributed by atoms with Crippen molar-refractivity contribution < 1.29 is 8.42 Å². The zero-order valence-electron chi connectivity index (χ0n) is 5.63. The van der Waals surface area contributed by atoms with Crippen molar-refractivity contribution in [1.29, 1.82) is 0 Å². The Morgan fingerprint density at radius 2 is 2.11 bits per heavy atom. The van der Waals surface area contributed by atoms with Crippen molar-refractivity contribution in [3.05, 3.63) is 0 Å². The van der Waals surface area contributed by atoms with E-state index in [0.717, 1.165) is 5.71 Å². The molecule has 3 nitrogen and oxygen atoms in total. The third-order valence-electron chi connectivity index (χ3n) is 1.04. The van der Waals surface area contributed by atoms with Crippen molar-refractivity contribution in [2.24, 2.45) is 4.99 Å². The third kappa shape index (κ3) is 5.49. The van der Waals surface area contributed by atoms with E-state index in [1.807, 2.05) is 6.92 Å². The van der Waals surface area contributed by atoms with Crippen LogP contribution in [0.3, 0.4) is 0 Å². The second-order valence-corrected chi connectivity index (χ2v) is 2.88. The van der Waals surface area contributed by atoms with E-state index < -0.39 is 10.7 Å². The van der Waals surface area contributed by atoms with Gasteiger partial charge >= 0.3 is 0 Å². The molecule has 0 radical (unpaired) electrons. The van der Waals surface area contributed by atoms with Crippen LogP contribution in [0.25, 0.3) is 0 Å². The minimum Gasteiger partial charge on any atom is -0.298 e. The number of hydrogen-bond acceptors (Lipinski definition) is 3. The summed E-state index contributed by atoms with van der Waals surface area (Å²) < 4.78 is 20.0. The predicted molar refractivity (Wildman–Crippen MR) is 38.8 cm³/mol. The molecule has 0 heterocycles. The van der Waals surface area contributed by atoms with Gasteiger partial charge in [-0.05, 0) is 13.3 Å². The molecule has 0 rings (SSSR count). The van der Waals surface area contributed by atoms with E-state index in [-0.39, 0.29) is 5.75 Å². The summed E-state index contributed by atoms with van der Waals surface area (Å²) in [5, 5.41) is 0. The van der Waals surface area contributed by atoms with Gasteiger partial charge in [-0.25, -0.2) is 8.42 Å². The van der Waals surface area contributed by atoms with E-state index in [0.29, 0.717) is 6.42 Å². The van der Waals surface area contributed by atoms with Crippen LogP contribution in [0, 0.1) is 0 Å². The third-order valence-corrected chi connectivity index (χ3v) is 1.63. The lowest BCUT2D eigenvalue weighted by atomic mass is 10.3. The van der Waals surface area contributed by atoms with Gasteiger partial charge in [0.15, 0.2) is 0 Å². The molecule has 0 N–H and O–H groups in total. The summed E-state index contributed by atoms with van der Waals surface area (Å²) in [6.45, 7) is 1.82. The molecule has 0 atom stereocenters. The predicted octanol–water partition coefficient (Wildman–Crippen LogP) is 0.0786. The number of aliphatic imine (C=N–C) groups is 1. The molecule has 0 saturated heterocycles. The molecule has 0 aliphatic rings. The van der Waals surface area contributed by atoms with E-state index in [1.54, 1.807) is 7.05 Å². The smallest absolute Gasteiger partial charge is 0.140 e. The second-order valence-electron chi connectivity index (χ2n) is 1.77. The molecule has 0 bridgehead atoms. The zero-order chi connectivity index (χ0) is 7.28. The number of thiol groups is 1. The summed E-state index contributed by atoms with van der Waals surface area (Å²) in [5.41, 5.74) is 0.884. The van der Waals surface area contributed by atoms with E-state index in [4.69, 9.17) is 0 Å². The molecule has 4 heteroatoms. The Kier molecular flexibility index (Phi) is 4.30. The molecular weight excluding hydrogens is 138 g/mol. The van der Waals surface area contributed by atoms with Gasteiger partial charge < -0.3 is 0 Å². The largest absolute Gasteiger partial charge is 0.298 e. The molecule has 0 fully saturated rings. The molecule has 9 heavy (non-hydrogen) atoms. The molecule has 0 aromatic carbocycles. The quantitative estimate of drug-likeness (QED) is 0.456. The molecule has 0 aromatic heterocycles.